The molecule has 1 aliphatic heterocycles. The molecule has 2 rings (SSSR count). The number of benzene rings is 1. The number of rotatable bonds is 3. The maximum absolute atomic E-state index is 3.50. The van der Waals surface area contributed by atoms with E-state index < -0.39 is 0 Å². The number of hydrogen-bond donors (Lipinski definition) is 2. The van der Waals surface area contributed by atoms with E-state index in [1.807, 2.05) is 0 Å². The Labute approximate surface area is 85.7 Å². The summed E-state index contributed by atoms with van der Waals surface area (Å²) in [4.78, 5) is 0. The van der Waals surface area contributed by atoms with Crippen LogP contribution in [0.3, 0.4) is 0 Å². The first-order valence-electron chi connectivity index (χ1n) is 5.27. The van der Waals surface area contributed by atoms with E-state index in [9.17, 15) is 0 Å². The van der Waals surface area contributed by atoms with Gasteiger partial charge >= 0.3 is 0 Å². The molecule has 0 saturated carbocycles. The fourth-order valence-corrected chi connectivity index (χ4v) is 1.76. The number of nitrogens with one attached hydrogen (secondary N) is 2. The summed E-state index contributed by atoms with van der Waals surface area (Å²) in [7, 11) is 0. The molecule has 0 radical (unpaired) electrons. The zero-order chi connectivity index (χ0) is 9.97. The Bertz CT molecular complexity index is 316. The third-order valence-corrected chi connectivity index (χ3v) is 2.83. The van der Waals surface area contributed by atoms with Crippen LogP contribution in [0.25, 0.3) is 0 Å². The Hall–Kier alpha value is -1.02. The third kappa shape index (κ3) is 2.07. The molecule has 0 unspecified atom stereocenters. The van der Waals surface area contributed by atoms with Crippen molar-refractivity contribution >= 4 is 5.69 Å². The van der Waals surface area contributed by atoms with Gasteiger partial charge in [-0.15, -0.1) is 0 Å². The quantitative estimate of drug-likeness (QED) is 0.761. The number of anilines is 1. The molecule has 1 fully saturated rings. The summed E-state index contributed by atoms with van der Waals surface area (Å²) in [6.07, 6.45) is 0. The molecule has 1 aromatic carbocycles. The van der Waals surface area contributed by atoms with Crippen molar-refractivity contribution in [1.29, 1.82) is 0 Å². The summed E-state index contributed by atoms with van der Waals surface area (Å²) in [6.45, 7) is 7.72. The second-order valence-corrected chi connectivity index (χ2v) is 4.22. The fourth-order valence-electron chi connectivity index (χ4n) is 1.76. The molecule has 0 atom stereocenters. The van der Waals surface area contributed by atoms with E-state index in [1.54, 1.807) is 0 Å². The van der Waals surface area contributed by atoms with Gasteiger partial charge in [-0.2, -0.15) is 0 Å². The van der Waals surface area contributed by atoms with Crippen molar-refractivity contribution < 1.29 is 0 Å². The van der Waals surface area contributed by atoms with Crippen molar-refractivity contribution in [3.63, 3.8) is 0 Å². The van der Waals surface area contributed by atoms with Gasteiger partial charge in [0.25, 0.3) is 0 Å². The first kappa shape index (κ1) is 9.53. The van der Waals surface area contributed by atoms with Crippen LogP contribution in [0.1, 0.15) is 11.1 Å². The smallest absolute Gasteiger partial charge is 0.0370 e. The molecule has 2 nitrogen and oxygen atoms in total. The monoisotopic (exact) mass is 190 g/mol. The lowest BCUT2D eigenvalue weighted by Gasteiger charge is -2.27. The molecule has 0 spiro atoms. The van der Waals surface area contributed by atoms with Crippen molar-refractivity contribution in [2.75, 3.05) is 25.0 Å². The van der Waals surface area contributed by atoms with E-state index in [0.29, 0.717) is 0 Å². The summed E-state index contributed by atoms with van der Waals surface area (Å²) < 4.78 is 0. The predicted molar refractivity (Wildman–Crippen MR) is 60.8 cm³/mol. The Kier molecular flexibility index (Phi) is 2.73. The lowest BCUT2D eigenvalue weighted by atomic mass is 10.0. The van der Waals surface area contributed by atoms with Gasteiger partial charge in [0.1, 0.15) is 0 Å². The first-order chi connectivity index (χ1) is 6.75. The Morgan fingerprint density at radius 1 is 1.36 bits per heavy atom. The minimum Gasteiger partial charge on any atom is -0.384 e. The molecule has 1 aliphatic rings. The van der Waals surface area contributed by atoms with Crippen LogP contribution in [-0.4, -0.2) is 19.6 Å². The molecule has 2 heteroatoms. The number of hydrogen-bond acceptors (Lipinski definition) is 2. The molecule has 2 N–H and O–H groups in total. The second-order valence-electron chi connectivity index (χ2n) is 4.22. The van der Waals surface area contributed by atoms with Gasteiger partial charge in [-0.3, -0.25) is 0 Å². The summed E-state index contributed by atoms with van der Waals surface area (Å²) in [5.74, 6) is 0.815. The zero-order valence-corrected chi connectivity index (χ0v) is 8.93. The Morgan fingerprint density at radius 3 is 2.71 bits per heavy atom. The lowest BCUT2D eigenvalue weighted by molar-refractivity contribution is 0.365. The van der Waals surface area contributed by atoms with Crippen LogP contribution in [-0.2, 0) is 0 Å². The molecule has 1 saturated heterocycles. The van der Waals surface area contributed by atoms with Crippen LogP contribution in [0, 0.1) is 19.8 Å². The van der Waals surface area contributed by atoms with Crippen LogP contribution in [0.5, 0.6) is 0 Å². The summed E-state index contributed by atoms with van der Waals surface area (Å²) in [6, 6.07) is 6.56. The summed E-state index contributed by atoms with van der Waals surface area (Å²) in [5.41, 5.74) is 3.96. The SMILES string of the molecule is Cc1ccc(NCC2CNC2)c(C)c1. The van der Waals surface area contributed by atoms with Crippen molar-refractivity contribution in [3.8, 4) is 0 Å². The molecule has 0 amide bonds. The van der Waals surface area contributed by atoms with Crippen molar-refractivity contribution in [2.24, 2.45) is 5.92 Å². The van der Waals surface area contributed by atoms with E-state index >= 15 is 0 Å². The van der Waals surface area contributed by atoms with E-state index in [1.165, 1.54) is 16.8 Å². The van der Waals surface area contributed by atoms with Crippen LogP contribution in [0.4, 0.5) is 5.69 Å². The average Bonchev–Trinajstić information content (AvgIpc) is 2.05. The Balaban J connectivity index is 1.94. The van der Waals surface area contributed by atoms with Crippen LogP contribution >= 0.6 is 0 Å². The van der Waals surface area contributed by atoms with Gasteiger partial charge in [0.2, 0.25) is 0 Å². The molecule has 0 bridgehead atoms. The van der Waals surface area contributed by atoms with Gasteiger partial charge in [-0.1, -0.05) is 17.7 Å². The number of aryl methyl sites for hydroxylation is 2. The molecule has 1 heterocycles. The molecular weight excluding hydrogens is 172 g/mol. The minimum atomic E-state index is 0.815. The summed E-state index contributed by atoms with van der Waals surface area (Å²) in [5, 5.41) is 6.78. The predicted octanol–water partition coefficient (Wildman–Crippen LogP) is 1.93. The maximum atomic E-state index is 3.50. The molecular formula is C12H18N2. The van der Waals surface area contributed by atoms with Crippen molar-refractivity contribution in [2.45, 2.75) is 13.8 Å². The van der Waals surface area contributed by atoms with Crippen molar-refractivity contribution in [3.05, 3.63) is 29.3 Å². The van der Waals surface area contributed by atoms with E-state index in [0.717, 1.165) is 25.6 Å². The first-order valence-corrected chi connectivity index (χ1v) is 5.27. The fraction of sp³-hybridized carbons (Fsp3) is 0.500. The molecule has 0 aliphatic carbocycles. The highest BCUT2D eigenvalue weighted by Crippen LogP contribution is 2.16. The van der Waals surface area contributed by atoms with Gasteiger partial charge in [0.05, 0.1) is 0 Å². The van der Waals surface area contributed by atoms with E-state index in [-0.39, 0.29) is 0 Å². The summed E-state index contributed by atoms with van der Waals surface area (Å²) >= 11 is 0. The molecule has 1 aromatic rings. The van der Waals surface area contributed by atoms with Crippen LogP contribution < -0.4 is 10.6 Å². The second kappa shape index (κ2) is 4.01. The standard InChI is InChI=1S/C12H18N2/c1-9-3-4-12(10(2)5-9)14-8-11-6-13-7-11/h3-5,11,13-14H,6-8H2,1-2H3. The molecule has 0 aromatic heterocycles. The van der Waals surface area contributed by atoms with Gasteiger partial charge in [-0.25, -0.2) is 0 Å². The zero-order valence-electron chi connectivity index (χ0n) is 8.93. The van der Waals surface area contributed by atoms with Crippen LogP contribution in [0.2, 0.25) is 0 Å². The molecule has 14 heavy (non-hydrogen) atoms. The van der Waals surface area contributed by atoms with E-state index in [2.05, 4.69) is 42.7 Å². The topological polar surface area (TPSA) is 24.1 Å². The minimum absolute atomic E-state index is 0.815. The van der Waals surface area contributed by atoms with Gasteiger partial charge < -0.3 is 10.6 Å². The highest BCUT2D eigenvalue weighted by atomic mass is 15.0. The third-order valence-electron chi connectivity index (χ3n) is 2.83. The Morgan fingerprint density at radius 2 is 2.14 bits per heavy atom. The maximum Gasteiger partial charge on any atom is 0.0370 e. The highest BCUT2D eigenvalue weighted by molar-refractivity contribution is 5.51. The largest absolute Gasteiger partial charge is 0.384 e. The van der Waals surface area contributed by atoms with Crippen LogP contribution in [0.15, 0.2) is 18.2 Å². The molecule has 76 valence electrons. The van der Waals surface area contributed by atoms with Gasteiger partial charge in [0.15, 0.2) is 0 Å². The average molecular weight is 190 g/mol. The normalized spacial score (nSPS) is 16.4. The highest BCUT2D eigenvalue weighted by Gasteiger charge is 2.15. The van der Waals surface area contributed by atoms with Crippen molar-refractivity contribution in [1.82, 2.24) is 5.32 Å². The van der Waals surface area contributed by atoms with Gasteiger partial charge in [0, 0.05) is 31.2 Å². The van der Waals surface area contributed by atoms with E-state index in [4.69, 9.17) is 0 Å². The lowest BCUT2D eigenvalue weighted by Crippen LogP contribution is -2.45. The van der Waals surface area contributed by atoms with Gasteiger partial charge in [-0.05, 0) is 25.5 Å².